The number of hydrogen-bond acceptors (Lipinski definition) is 3. The Morgan fingerprint density at radius 2 is 1.64 bits per heavy atom. The summed E-state index contributed by atoms with van der Waals surface area (Å²) in [6.07, 6.45) is 5.73. The van der Waals surface area contributed by atoms with Crippen LogP contribution in [-0.2, 0) is 11.3 Å². The fourth-order valence-corrected chi connectivity index (χ4v) is 4.20. The van der Waals surface area contributed by atoms with Crippen LogP contribution in [0.4, 0.5) is 0 Å². The van der Waals surface area contributed by atoms with Crippen molar-refractivity contribution in [3.8, 4) is 0 Å². The number of benzene rings is 1. The number of nitrogens with one attached hydrogen (secondary N) is 1. The Balaban J connectivity index is 1.34. The zero-order chi connectivity index (χ0) is 17.4. The molecule has 25 heavy (non-hydrogen) atoms. The molecule has 1 heterocycles. The molecule has 1 saturated heterocycles. The van der Waals surface area contributed by atoms with E-state index in [1.807, 2.05) is 12.1 Å². The summed E-state index contributed by atoms with van der Waals surface area (Å²) in [7, 11) is 0. The van der Waals surface area contributed by atoms with Gasteiger partial charge in [0.15, 0.2) is 0 Å². The summed E-state index contributed by atoms with van der Waals surface area (Å²) in [5.41, 5.74) is 2.05. The SMILES string of the molecule is C[C@@H]1CN(Cc2ccc(C(=O)NC(C3CC3)C3CC3)cc2)C[C@@H](C)O1. The molecule has 0 radical (unpaired) electrons. The van der Waals surface area contributed by atoms with Gasteiger partial charge in [-0.1, -0.05) is 12.1 Å². The molecule has 1 amide bonds. The molecule has 1 N–H and O–H groups in total. The predicted octanol–water partition coefficient (Wildman–Crippen LogP) is 3.21. The molecule has 0 spiro atoms. The van der Waals surface area contributed by atoms with Gasteiger partial charge in [-0.15, -0.1) is 0 Å². The molecule has 1 aromatic carbocycles. The highest BCUT2D eigenvalue weighted by molar-refractivity contribution is 5.94. The van der Waals surface area contributed by atoms with Crippen LogP contribution in [0.1, 0.15) is 55.5 Å². The van der Waals surface area contributed by atoms with Gasteiger partial charge in [0.1, 0.15) is 0 Å². The van der Waals surface area contributed by atoms with E-state index in [1.165, 1.54) is 31.2 Å². The number of rotatable bonds is 6. The molecule has 3 aliphatic rings. The van der Waals surface area contributed by atoms with E-state index in [9.17, 15) is 4.79 Å². The van der Waals surface area contributed by atoms with E-state index in [-0.39, 0.29) is 18.1 Å². The molecule has 0 unspecified atom stereocenters. The summed E-state index contributed by atoms with van der Waals surface area (Å²) < 4.78 is 5.80. The monoisotopic (exact) mass is 342 g/mol. The van der Waals surface area contributed by atoms with Gasteiger partial charge in [0.25, 0.3) is 5.91 Å². The molecule has 1 aromatic rings. The van der Waals surface area contributed by atoms with Gasteiger partial charge in [-0.2, -0.15) is 0 Å². The van der Waals surface area contributed by atoms with Crippen molar-refractivity contribution in [1.82, 2.24) is 10.2 Å². The molecular weight excluding hydrogens is 312 g/mol. The maximum Gasteiger partial charge on any atom is 0.251 e. The van der Waals surface area contributed by atoms with Crippen LogP contribution in [0, 0.1) is 11.8 Å². The second-order valence-electron chi connectivity index (χ2n) is 8.32. The molecular formula is C21H30N2O2. The van der Waals surface area contributed by atoms with E-state index in [0.29, 0.717) is 6.04 Å². The zero-order valence-electron chi connectivity index (χ0n) is 15.4. The molecule has 0 bridgehead atoms. The van der Waals surface area contributed by atoms with Crippen LogP contribution in [0.5, 0.6) is 0 Å². The third-order valence-electron chi connectivity index (χ3n) is 5.68. The van der Waals surface area contributed by atoms with Crippen LogP contribution < -0.4 is 5.32 Å². The van der Waals surface area contributed by atoms with Crippen molar-refractivity contribution in [2.75, 3.05) is 13.1 Å². The van der Waals surface area contributed by atoms with Crippen molar-refractivity contribution in [2.45, 2.75) is 64.3 Å². The number of hydrogen-bond donors (Lipinski definition) is 1. The number of ether oxygens (including phenoxy) is 1. The molecule has 4 rings (SSSR count). The Labute approximate surface area is 150 Å². The average molecular weight is 342 g/mol. The molecule has 2 atom stereocenters. The minimum Gasteiger partial charge on any atom is -0.373 e. The second-order valence-corrected chi connectivity index (χ2v) is 8.32. The van der Waals surface area contributed by atoms with Gasteiger partial charge >= 0.3 is 0 Å². The van der Waals surface area contributed by atoms with E-state index >= 15 is 0 Å². The fourth-order valence-electron chi connectivity index (χ4n) is 4.20. The summed E-state index contributed by atoms with van der Waals surface area (Å²) in [5.74, 6) is 1.58. The summed E-state index contributed by atoms with van der Waals surface area (Å²) in [6, 6.07) is 8.58. The van der Waals surface area contributed by atoms with E-state index in [4.69, 9.17) is 4.74 Å². The third-order valence-corrected chi connectivity index (χ3v) is 5.68. The Bertz CT molecular complexity index is 585. The van der Waals surface area contributed by atoms with Gasteiger partial charge in [-0.3, -0.25) is 9.69 Å². The lowest BCUT2D eigenvalue weighted by atomic mass is 10.1. The Morgan fingerprint density at radius 3 is 2.16 bits per heavy atom. The van der Waals surface area contributed by atoms with Crippen LogP contribution in [0.25, 0.3) is 0 Å². The maximum absolute atomic E-state index is 12.6. The Kier molecular flexibility index (Phi) is 4.83. The molecule has 3 fully saturated rings. The van der Waals surface area contributed by atoms with Gasteiger partial charge in [-0.25, -0.2) is 0 Å². The number of carbonyl (C=O) groups excluding carboxylic acids is 1. The van der Waals surface area contributed by atoms with Crippen LogP contribution in [0.2, 0.25) is 0 Å². The van der Waals surface area contributed by atoms with E-state index in [2.05, 4.69) is 36.2 Å². The average Bonchev–Trinajstić information content (AvgIpc) is 3.46. The number of morpholine rings is 1. The summed E-state index contributed by atoms with van der Waals surface area (Å²) >= 11 is 0. The first-order chi connectivity index (χ1) is 12.1. The first-order valence-corrected chi connectivity index (χ1v) is 9.86. The van der Waals surface area contributed by atoms with Gasteiger partial charge in [0.05, 0.1) is 12.2 Å². The quantitative estimate of drug-likeness (QED) is 0.863. The van der Waals surface area contributed by atoms with Gasteiger partial charge in [0, 0.05) is 31.2 Å². The standard InChI is InChI=1S/C21H30N2O2/c1-14-11-23(12-15(2)25-14)13-16-3-5-19(6-4-16)21(24)22-20(17-7-8-17)18-9-10-18/h3-6,14-15,17-18,20H,7-13H2,1-2H3,(H,22,24)/t14-,15-/m1/s1. The van der Waals surface area contributed by atoms with Crippen molar-refractivity contribution >= 4 is 5.91 Å². The molecule has 4 nitrogen and oxygen atoms in total. The largest absolute Gasteiger partial charge is 0.373 e. The lowest BCUT2D eigenvalue weighted by Gasteiger charge is -2.35. The van der Waals surface area contributed by atoms with Gasteiger partial charge in [0.2, 0.25) is 0 Å². The van der Waals surface area contributed by atoms with Crippen molar-refractivity contribution in [3.05, 3.63) is 35.4 Å². The van der Waals surface area contributed by atoms with Crippen LogP contribution in [-0.4, -0.2) is 42.1 Å². The Morgan fingerprint density at radius 1 is 1.08 bits per heavy atom. The Hall–Kier alpha value is -1.39. The fraction of sp³-hybridized carbons (Fsp3) is 0.667. The third kappa shape index (κ3) is 4.42. The molecule has 0 aromatic heterocycles. The second kappa shape index (κ2) is 7.08. The van der Waals surface area contributed by atoms with Crippen LogP contribution in [0.3, 0.4) is 0 Å². The molecule has 2 aliphatic carbocycles. The summed E-state index contributed by atoms with van der Waals surface area (Å²) in [4.78, 5) is 15.0. The highest BCUT2D eigenvalue weighted by atomic mass is 16.5. The highest BCUT2D eigenvalue weighted by Crippen LogP contribution is 2.44. The zero-order valence-corrected chi connectivity index (χ0v) is 15.4. The molecule has 1 aliphatic heterocycles. The number of amides is 1. The minimum absolute atomic E-state index is 0.101. The molecule has 2 saturated carbocycles. The molecule has 4 heteroatoms. The molecule has 136 valence electrons. The summed E-state index contributed by atoms with van der Waals surface area (Å²) in [6.45, 7) is 7.12. The van der Waals surface area contributed by atoms with Crippen molar-refractivity contribution < 1.29 is 9.53 Å². The highest BCUT2D eigenvalue weighted by Gasteiger charge is 2.42. The van der Waals surface area contributed by atoms with Crippen molar-refractivity contribution in [1.29, 1.82) is 0 Å². The number of carbonyl (C=O) groups is 1. The van der Waals surface area contributed by atoms with Crippen LogP contribution >= 0.6 is 0 Å². The first-order valence-electron chi connectivity index (χ1n) is 9.86. The van der Waals surface area contributed by atoms with Crippen molar-refractivity contribution in [2.24, 2.45) is 11.8 Å². The first kappa shape index (κ1) is 17.0. The van der Waals surface area contributed by atoms with Crippen molar-refractivity contribution in [3.63, 3.8) is 0 Å². The smallest absolute Gasteiger partial charge is 0.251 e. The van der Waals surface area contributed by atoms with E-state index < -0.39 is 0 Å². The lowest BCUT2D eigenvalue weighted by molar-refractivity contribution is -0.0704. The van der Waals surface area contributed by atoms with E-state index in [0.717, 1.165) is 37.0 Å². The predicted molar refractivity (Wildman–Crippen MR) is 98.4 cm³/mol. The van der Waals surface area contributed by atoms with Gasteiger partial charge < -0.3 is 10.1 Å². The van der Waals surface area contributed by atoms with E-state index in [1.54, 1.807) is 0 Å². The lowest BCUT2D eigenvalue weighted by Crippen LogP contribution is -2.44. The summed E-state index contributed by atoms with van der Waals surface area (Å²) in [5, 5.41) is 3.30. The topological polar surface area (TPSA) is 41.6 Å². The number of nitrogens with zero attached hydrogens (tertiary/aromatic N) is 1. The normalized spacial score (nSPS) is 27.5. The van der Waals surface area contributed by atoms with Crippen LogP contribution in [0.15, 0.2) is 24.3 Å². The minimum atomic E-state index is 0.101. The maximum atomic E-state index is 12.6. The van der Waals surface area contributed by atoms with Gasteiger partial charge in [-0.05, 0) is 69.1 Å².